The van der Waals surface area contributed by atoms with E-state index in [4.69, 9.17) is 4.74 Å². The fraction of sp³-hybridized carbons (Fsp3) is 0.167. The zero-order valence-corrected chi connectivity index (χ0v) is 18.8. The summed E-state index contributed by atoms with van der Waals surface area (Å²) in [5, 5.41) is 3.90. The van der Waals surface area contributed by atoms with Gasteiger partial charge in [0.25, 0.3) is 15.9 Å². The van der Waals surface area contributed by atoms with E-state index in [1.807, 2.05) is 6.92 Å². The van der Waals surface area contributed by atoms with Gasteiger partial charge in [-0.1, -0.05) is 25.1 Å². The number of nitrogens with one attached hydrogen (secondary N) is 1. The van der Waals surface area contributed by atoms with E-state index in [2.05, 4.69) is 10.5 Å². The molecule has 0 spiro atoms. The summed E-state index contributed by atoms with van der Waals surface area (Å²) in [5.74, 6) is -0.437. The van der Waals surface area contributed by atoms with Crippen LogP contribution in [0.25, 0.3) is 0 Å². The van der Waals surface area contributed by atoms with Crippen LogP contribution in [-0.2, 0) is 14.8 Å². The number of amides is 1. The van der Waals surface area contributed by atoms with Crippen LogP contribution >= 0.6 is 0 Å². The lowest BCUT2D eigenvalue weighted by Crippen LogP contribution is -2.39. The Hall–Kier alpha value is -3.72. The standard InChI is InChI=1S/C24H24FN3O4S/c1-2-16-32-22-14-8-19(9-15-22)17-26-27-24(29)18-28(21-12-10-20(25)11-13-21)33(30,31)23-6-4-3-5-7-23/h3-15,17H,2,16,18H2,1H3,(H,27,29)/b26-17-. The summed E-state index contributed by atoms with van der Waals surface area (Å²) in [4.78, 5) is 12.5. The van der Waals surface area contributed by atoms with Gasteiger partial charge in [-0.15, -0.1) is 0 Å². The normalized spacial score (nSPS) is 11.3. The zero-order chi connectivity index (χ0) is 23.7. The molecule has 0 aliphatic carbocycles. The number of ether oxygens (including phenoxy) is 1. The Morgan fingerprint density at radius 1 is 1.03 bits per heavy atom. The number of benzene rings is 3. The van der Waals surface area contributed by atoms with E-state index in [1.165, 1.54) is 30.5 Å². The monoisotopic (exact) mass is 469 g/mol. The molecule has 3 aromatic carbocycles. The quantitative estimate of drug-likeness (QED) is 0.360. The Morgan fingerprint density at radius 3 is 2.33 bits per heavy atom. The van der Waals surface area contributed by atoms with Crippen LogP contribution < -0.4 is 14.5 Å². The number of anilines is 1. The lowest BCUT2D eigenvalue weighted by atomic mass is 10.2. The van der Waals surface area contributed by atoms with Gasteiger partial charge in [0.05, 0.1) is 23.4 Å². The van der Waals surface area contributed by atoms with Crippen molar-refractivity contribution in [1.82, 2.24) is 5.43 Å². The first-order valence-corrected chi connectivity index (χ1v) is 11.7. The van der Waals surface area contributed by atoms with Crippen molar-refractivity contribution in [2.75, 3.05) is 17.5 Å². The molecule has 3 rings (SSSR count). The maximum Gasteiger partial charge on any atom is 0.264 e. The van der Waals surface area contributed by atoms with Gasteiger partial charge in [0.2, 0.25) is 0 Å². The summed E-state index contributed by atoms with van der Waals surface area (Å²) in [5.41, 5.74) is 3.22. The number of carbonyl (C=O) groups excluding carboxylic acids is 1. The third-order valence-electron chi connectivity index (χ3n) is 4.49. The number of rotatable bonds is 10. The second-order valence-electron chi connectivity index (χ2n) is 7.01. The Balaban J connectivity index is 1.72. The van der Waals surface area contributed by atoms with Crippen LogP contribution in [-0.4, -0.2) is 33.7 Å². The molecule has 0 saturated heterocycles. The van der Waals surface area contributed by atoms with Crippen LogP contribution in [0.1, 0.15) is 18.9 Å². The fourth-order valence-electron chi connectivity index (χ4n) is 2.86. The topological polar surface area (TPSA) is 88.1 Å². The van der Waals surface area contributed by atoms with Crippen molar-refractivity contribution in [3.8, 4) is 5.75 Å². The van der Waals surface area contributed by atoms with Crippen LogP contribution in [0.15, 0.2) is 88.9 Å². The lowest BCUT2D eigenvalue weighted by molar-refractivity contribution is -0.119. The molecule has 0 aliphatic rings. The van der Waals surface area contributed by atoms with Crippen molar-refractivity contribution in [2.45, 2.75) is 18.2 Å². The minimum atomic E-state index is -4.07. The van der Waals surface area contributed by atoms with Gasteiger partial charge < -0.3 is 4.74 Å². The van der Waals surface area contributed by atoms with E-state index < -0.39 is 28.3 Å². The molecular weight excluding hydrogens is 445 g/mol. The molecule has 33 heavy (non-hydrogen) atoms. The minimum absolute atomic E-state index is 0.0102. The molecule has 0 heterocycles. The molecule has 3 aromatic rings. The highest BCUT2D eigenvalue weighted by molar-refractivity contribution is 7.92. The molecular formula is C24H24FN3O4S. The van der Waals surface area contributed by atoms with Gasteiger partial charge in [-0.05, 0) is 72.6 Å². The summed E-state index contributed by atoms with van der Waals surface area (Å²) >= 11 is 0. The SMILES string of the molecule is CCCOc1ccc(/C=N\NC(=O)CN(c2ccc(F)cc2)S(=O)(=O)c2ccccc2)cc1. The summed E-state index contributed by atoms with van der Waals surface area (Å²) in [6, 6.07) is 19.7. The van der Waals surface area contributed by atoms with E-state index in [0.29, 0.717) is 6.61 Å². The van der Waals surface area contributed by atoms with Crippen molar-refractivity contribution in [2.24, 2.45) is 5.10 Å². The van der Waals surface area contributed by atoms with E-state index in [9.17, 15) is 17.6 Å². The Bertz CT molecular complexity index is 1180. The second-order valence-corrected chi connectivity index (χ2v) is 8.87. The number of nitrogens with zero attached hydrogens (tertiary/aromatic N) is 2. The number of hydrazone groups is 1. The molecule has 0 atom stereocenters. The van der Waals surface area contributed by atoms with Crippen LogP contribution in [0.4, 0.5) is 10.1 Å². The molecule has 1 N–H and O–H groups in total. The molecule has 7 nitrogen and oxygen atoms in total. The van der Waals surface area contributed by atoms with Gasteiger partial charge in [-0.2, -0.15) is 5.10 Å². The summed E-state index contributed by atoms with van der Waals surface area (Å²) in [7, 11) is -4.07. The maximum absolute atomic E-state index is 13.4. The smallest absolute Gasteiger partial charge is 0.264 e. The highest BCUT2D eigenvalue weighted by atomic mass is 32.2. The van der Waals surface area contributed by atoms with Crippen LogP contribution in [0.5, 0.6) is 5.75 Å². The lowest BCUT2D eigenvalue weighted by Gasteiger charge is -2.23. The molecule has 9 heteroatoms. The third-order valence-corrected chi connectivity index (χ3v) is 6.28. The predicted octanol–water partition coefficient (Wildman–Crippen LogP) is 3.96. The number of halogens is 1. The van der Waals surface area contributed by atoms with Crippen LogP contribution in [0.2, 0.25) is 0 Å². The third kappa shape index (κ3) is 6.63. The van der Waals surface area contributed by atoms with Crippen molar-refractivity contribution >= 4 is 27.8 Å². The molecule has 0 bridgehead atoms. The van der Waals surface area contributed by atoms with Crippen molar-refractivity contribution in [3.63, 3.8) is 0 Å². The van der Waals surface area contributed by atoms with Crippen molar-refractivity contribution < 1.29 is 22.3 Å². The van der Waals surface area contributed by atoms with E-state index in [-0.39, 0.29) is 10.6 Å². The molecule has 0 unspecified atom stereocenters. The van der Waals surface area contributed by atoms with E-state index in [1.54, 1.807) is 42.5 Å². The number of hydrogen-bond acceptors (Lipinski definition) is 5. The summed E-state index contributed by atoms with van der Waals surface area (Å²) < 4.78 is 46.1. The average molecular weight is 470 g/mol. The fourth-order valence-corrected chi connectivity index (χ4v) is 4.30. The molecule has 0 fully saturated rings. The van der Waals surface area contributed by atoms with Crippen molar-refractivity contribution in [1.29, 1.82) is 0 Å². The van der Waals surface area contributed by atoms with Gasteiger partial charge in [0, 0.05) is 0 Å². The van der Waals surface area contributed by atoms with Gasteiger partial charge in [-0.3, -0.25) is 9.10 Å². The summed E-state index contributed by atoms with van der Waals surface area (Å²) in [6.45, 7) is 2.11. The van der Waals surface area contributed by atoms with Crippen LogP contribution in [0.3, 0.4) is 0 Å². The number of hydrogen-bond donors (Lipinski definition) is 1. The first-order chi connectivity index (χ1) is 15.9. The Labute approximate surface area is 192 Å². The average Bonchev–Trinajstić information content (AvgIpc) is 2.83. The minimum Gasteiger partial charge on any atom is -0.494 e. The van der Waals surface area contributed by atoms with Gasteiger partial charge in [-0.25, -0.2) is 18.2 Å². The Kier molecular flexibility index (Phi) is 8.15. The maximum atomic E-state index is 13.4. The zero-order valence-electron chi connectivity index (χ0n) is 18.0. The molecule has 172 valence electrons. The first-order valence-electron chi connectivity index (χ1n) is 10.3. The van der Waals surface area contributed by atoms with Gasteiger partial charge >= 0.3 is 0 Å². The van der Waals surface area contributed by atoms with E-state index in [0.717, 1.165) is 34.2 Å². The molecule has 0 radical (unpaired) electrons. The summed E-state index contributed by atoms with van der Waals surface area (Å²) in [6.07, 6.45) is 2.35. The highest BCUT2D eigenvalue weighted by Gasteiger charge is 2.27. The van der Waals surface area contributed by atoms with Gasteiger partial charge in [0.15, 0.2) is 0 Å². The van der Waals surface area contributed by atoms with Crippen LogP contribution in [0, 0.1) is 5.82 Å². The number of sulfonamides is 1. The molecule has 0 aromatic heterocycles. The largest absolute Gasteiger partial charge is 0.494 e. The Morgan fingerprint density at radius 2 is 1.70 bits per heavy atom. The van der Waals surface area contributed by atoms with Gasteiger partial charge in [0.1, 0.15) is 18.1 Å². The first kappa shape index (κ1) is 23.9. The molecule has 0 aliphatic heterocycles. The number of carbonyl (C=O) groups is 1. The molecule has 1 amide bonds. The molecule has 0 saturated carbocycles. The van der Waals surface area contributed by atoms with E-state index >= 15 is 0 Å². The van der Waals surface area contributed by atoms with Crippen molar-refractivity contribution in [3.05, 3.63) is 90.2 Å². The predicted molar refractivity (Wildman–Crippen MR) is 125 cm³/mol. The second kappa shape index (κ2) is 11.2. The highest BCUT2D eigenvalue weighted by Crippen LogP contribution is 2.23.